The molecule has 0 atom stereocenters. The smallest absolute Gasteiger partial charge is 0.323 e. The van der Waals surface area contributed by atoms with Crippen molar-refractivity contribution in [3.8, 4) is 22.4 Å². The lowest BCUT2D eigenvalue weighted by Gasteiger charge is -2.09. The number of aryl methyl sites for hydroxylation is 1. The number of amides is 2. The average molecular weight is 482 g/mol. The topological polar surface area (TPSA) is 90.9 Å². The van der Waals surface area contributed by atoms with Gasteiger partial charge in [-0.3, -0.25) is 4.68 Å². The zero-order chi connectivity index (χ0) is 25.5. The summed E-state index contributed by atoms with van der Waals surface area (Å²) in [5.74, 6) is 0. The van der Waals surface area contributed by atoms with Gasteiger partial charge in [0.15, 0.2) is 0 Å². The first-order valence-corrected chi connectivity index (χ1v) is 11.8. The molecule has 5 aromatic rings. The molecule has 3 heterocycles. The number of fused-ring (bicyclic) bond motifs is 1. The Morgan fingerprint density at radius 3 is 2.25 bits per heavy atom. The lowest BCUT2D eigenvalue weighted by atomic mass is 10.0. The third-order valence-electron chi connectivity index (χ3n) is 5.28. The van der Waals surface area contributed by atoms with Gasteiger partial charge in [-0.25, -0.2) is 9.78 Å². The average Bonchev–Trinajstić information content (AvgIpc) is 3.52. The molecule has 2 aromatic carbocycles. The summed E-state index contributed by atoms with van der Waals surface area (Å²) in [6.45, 7) is 2.84. The fourth-order valence-corrected chi connectivity index (χ4v) is 3.72. The number of aromatic amines is 1. The van der Waals surface area contributed by atoms with Crippen LogP contribution in [0.25, 0.3) is 33.4 Å². The number of pyridine rings is 1. The molecule has 0 saturated heterocycles. The molecular formula is C28H31N7O. The van der Waals surface area contributed by atoms with Crippen LogP contribution in [-0.2, 0) is 6.54 Å². The summed E-state index contributed by atoms with van der Waals surface area (Å²) in [6, 6.07) is 20.8. The Kier molecular flexibility index (Phi) is 7.77. The second-order valence-corrected chi connectivity index (χ2v) is 8.71. The highest BCUT2D eigenvalue weighted by atomic mass is 16.2. The van der Waals surface area contributed by atoms with Crippen LogP contribution < -0.4 is 10.6 Å². The van der Waals surface area contributed by atoms with Gasteiger partial charge in [0.25, 0.3) is 0 Å². The molecule has 5 rings (SSSR count). The maximum atomic E-state index is 12.3. The normalized spacial score (nSPS) is 10.7. The van der Waals surface area contributed by atoms with E-state index in [4.69, 9.17) is 5.10 Å². The highest BCUT2D eigenvalue weighted by Gasteiger charge is 2.16. The minimum atomic E-state index is -0.286. The van der Waals surface area contributed by atoms with Crippen LogP contribution in [0.3, 0.4) is 0 Å². The van der Waals surface area contributed by atoms with E-state index >= 15 is 0 Å². The van der Waals surface area contributed by atoms with Crippen LogP contribution in [0.15, 0.2) is 85.3 Å². The standard InChI is InChI=1S/C25H22N6O.C3H9N/c1-2-31-16-22(20-12-14-26-24-21(20)13-15-27-24)23(30-31)17-8-10-19(11-9-17)29-25(32)28-18-6-4-3-5-7-18;1-4(2)3/h3-16H,2H2,1H3,(H,26,27)(H2,28,29,32);1-3H3. The number of anilines is 2. The minimum absolute atomic E-state index is 0.286. The van der Waals surface area contributed by atoms with Crippen LogP contribution in [0, 0.1) is 0 Å². The molecule has 0 saturated carbocycles. The van der Waals surface area contributed by atoms with Gasteiger partial charge >= 0.3 is 6.03 Å². The Bertz CT molecular complexity index is 1420. The highest BCUT2D eigenvalue weighted by Crippen LogP contribution is 2.35. The predicted octanol–water partition coefficient (Wildman–Crippen LogP) is 5.94. The minimum Gasteiger partial charge on any atom is -0.346 e. The van der Waals surface area contributed by atoms with E-state index in [2.05, 4.69) is 33.7 Å². The van der Waals surface area contributed by atoms with E-state index in [1.165, 1.54) is 0 Å². The number of para-hydroxylation sites is 1. The van der Waals surface area contributed by atoms with Gasteiger partial charge in [-0.1, -0.05) is 30.3 Å². The fraction of sp³-hybridized carbons (Fsp3) is 0.179. The van der Waals surface area contributed by atoms with Crippen LogP contribution >= 0.6 is 0 Å². The van der Waals surface area contributed by atoms with E-state index in [0.717, 1.165) is 45.6 Å². The van der Waals surface area contributed by atoms with Crippen molar-refractivity contribution in [3.05, 3.63) is 85.3 Å². The highest BCUT2D eigenvalue weighted by molar-refractivity contribution is 6.00. The quantitative estimate of drug-likeness (QED) is 0.290. The van der Waals surface area contributed by atoms with Crippen molar-refractivity contribution in [2.75, 3.05) is 31.8 Å². The number of benzene rings is 2. The zero-order valence-electron chi connectivity index (χ0n) is 21.0. The first kappa shape index (κ1) is 24.7. The van der Waals surface area contributed by atoms with Gasteiger partial charge in [-0.05, 0) is 70.0 Å². The molecule has 0 aliphatic carbocycles. The summed E-state index contributed by atoms with van der Waals surface area (Å²) in [5, 5.41) is 11.5. The van der Waals surface area contributed by atoms with Crippen LogP contribution in [0.5, 0.6) is 0 Å². The van der Waals surface area contributed by atoms with Crippen LogP contribution in [0.1, 0.15) is 6.92 Å². The summed E-state index contributed by atoms with van der Waals surface area (Å²) in [7, 11) is 6.00. The maximum Gasteiger partial charge on any atom is 0.323 e. The number of hydrogen-bond acceptors (Lipinski definition) is 4. The number of nitrogens with zero attached hydrogens (tertiary/aromatic N) is 4. The third kappa shape index (κ3) is 5.97. The summed E-state index contributed by atoms with van der Waals surface area (Å²) in [6.07, 6.45) is 5.77. The Morgan fingerprint density at radius 1 is 0.917 bits per heavy atom. The van der Waals surface area contributed by atoms with Crippen molar-refractivity contribution in [3.63, 3.8) is 0 Å². The van der Waals surface area contributed by atoms with Crippen LogP contribution in [0.4, 0.5) is 16.2 Å². The Morgan fingerprint density at radius 2 is 1.58 bits per heavy atom. The molecule has 8 heteroatoms. The molecule has 2 amide bonds. The molecular weight excluding hydrogens is 450 g/mol. The first-order valence-electron chi connectivity index (χ1n) is 11.8. The molecule has 0 bridgehead atoms. The molecule has 184 valence electrons. The van der Waals surface area contributed by atoms with E-state index < -0.39 is 0 Å². The number of rotatable bonds is 5. The van der Waals surface area contributed by atoms with Crippen molar-refractivity contribution < 1.29 is 4.79 Å². The molecule has 36 heavy (non-hydrogen) atoms. The van der Waals surface area contributed by atoms with Gasteiger partial charge in [-0.2, -0.15) is 5.10 Å². The SMILES string of the molecule is CCn1cc(-c2ccnc3[nH]ccc23)c(-c2ccc(NC(=O)Nc3ccccc3)cc2)n1.CN(C)C. The van der Waals surface area contributed by atoms with E-state index in [1.54, 1.807) is 6.20 Å². The van der Waals surface area contributed by atoms with Gasteiger partial charge in [0, 0.05) is 53.0 Å². The van der Waals surface area contributed by atoms with E-state index in [0.29, 0.717) is 5.69 Å². The Balaban J connectivity index is 0.000000709. The van der Waals surface area contributed by atoms with Crippen molar-refractivity contribution in [2.45, 2.75) is 13.5 Å². The summed E-state index contributed by atoms with van der Waals surface area (Å²) < 4.78 is 1.93. The molecule has 0 unspecified atom stereocenters. The summed E-state index contributed by atoms with van der Waals surface area (Å²) >= 11 is 0. The van der Waals surface area contributed by atoms with Crippen molar-refractivity contribution in [1.82, 2.24) is 24.6 Å². The largest absolute Gasteiger partial charge is 0.346 e. The molecule has 0 fully saturated rings. The molecule has 3 aromatic heterocycles. The Hall–Kier alpha value is -4.43. The predicted molar refractivity (Wildman–Crippen MR) is 147 cm³/mol. The monoisotopic (exact) mass is 481 g/mol. The van der Waals surface area contributed by atoms with Gasteiger partial charge < -0.3 is 20.5 Å². The molecule has 0 spiro atoms. The van der Waals surface area contributed by atoms with Gasteiger partial charge in [0.1, 0.15) is 11.3 Å². The zero-order valence-corrected chi connectivity index (χ0v) is 21.0. The molecule has 3 N–H and O–H groups in total. The lowest BCUT2D eigenvalue weighted by Crippen LogP contribution is -2.19. The number of carbonyl (C=O) groups excluding carboxylic acids is 1. The maximum absolute atomic E-state index is 12.3. The van der Waals surface area contributed by atoms with Gasteiger partial charge in [0.2, 0.25) is 0 Å². The van der Waals surface area contributed by atoms with E-state index in [-0.39, 0.29) is 6.03 Å². The second-order valence-electron chi connectivity index (χ2n) is 8.71. The second kappa shape index (κ2) is 11.3. The number of urea groups is 1. The summed E-state index contributed by atoms with van der Waals surface area (Å²) in [5.41, 5.74) is 6.28. The van der Waals surface area contributed by atoms with Gasteiger partial charge in [-0.15, -0.1) is 0 Å². The van der Waals surface area contributed by atoms with Crippen molar-refractivity contribution >= 4 is 28.4 Å². The van der Waals surface area contributed by atoms with Crippen LogP contribution in [0.2, 0.25) is 0 Å². The van der Waals surface area contributed by atoms with Crippen LogP contribution in [-0.4, -0.2) is 51.8 Å². The number of nitrogens with one attached hydrogen (secondary N) is 3. The van der Waals surface area contributed by atoms with Crippen molar-refractivity contribution in [2.24, 2.45) is 0 Å². The van der Waals surface area contributed by atoms with E-state index in [9.17, 15) is 4.79 Å². The van der Waals surface area contributed by atoms with Gasteiger partial charge in [0.05, 0.1) is 0 Å². The Labute approximate surface area is 211 Å². The molecule has 8 nitrogen and oxygen atoms in total. The molecule has 0 aliphatic rings. The third-order valence-corrected chi connectivity index (χ3v) is 5.28. The first-order chi connectivity index (χ1) is 17.4. The molecule has 0 radical (unpaired) electrons. The number of H-pyrrole nitrogens is 1. The molecule has 0 aliphatic heterocycles. The summed E-state index contributed by atoms with van der Waals surface area (Å²) in [4.78, 5) is 21.8. The number of carbonyl (C=O) groups is 1. The number of hydrogen-bond donors (Lipinski definition) is 3. The lowest BCUT2D eigenvalue weighted by molar-refractivity contribution is 0.262. The fourth-order valence-electron chi connectivity index (χ4n) is 3.72. The van der Waals surface area contributed by atoms with E-state index in [1.807, 2.05) is 104 Å². The van der Waals surface area contributed by atoms with Crippen molar-refractivity contribution in [1.29, 1.82) is 0 Å². The number of aromatic nitrogens is 4.